The highest BCUT2D eigenvalue weighted by Crippen LogP contribution is 2.23. The van der Waals surface area contributed by atoms with E-state index in [1.54, 1.807) is 30.3 Å². The van der Waals surface area contributed by atoms with Crippen molar-refractivity contribution in [2.75, 3.05) is 5.32 Å². The lowest BCUT2D eigenvalue weighted by Gasteiger charge is -2.09. The number of non-ortho nitro benzene ring substituents is 1. The van der Waals surface area contributed by atoms with Crippen molar-refractivity contribution in [2.45, 2.75) is 6.42 Å². The molecule has 0 aliphatic carbocycles. The van der Waals surface area contributed by atoms with Gasteiger partial charge in [-0.2, -0.15) is 5.26 Å². The molecule has 154 valence electrons. The summed E-state index contributed by atoms with van der Waals surface area (Å²) in [5, 5.41) is 23.3. The fraction of sp³-hybridized carbons (Fsp3) is 0.0435. The van der Waals surface area contributed by atoms with Crippen molar-refractivity contribution in [3.8, 4) is 6.07 Å². The fourth-order valence-corrected chi connectivity index (χ4v) is 3.11. The first kappa shape index (κ1) is 21.7. The molecule has 0 heterocycles. The van der Waals surface area contributed by atoms with E-state index in [2.05, 4.69) is 5.32 Å². The van der Waals surface area contributed by atoms with E-state index in [1.807, 2.05) is 6.07 Å². The lowest BCUT2D eigenvalue weighted by atomic mass is 9.98. The number of halogens is 2. The highest BCUT2D eigenvalue weighted by molar-refractivity contribution is 6.30. The second kappa shape index (κ2) is 9.65. The van der Waals surface area contributed by atoms with Crippen molar-refractivity contribution in [1.29, 1.82) is 5.26 Å². The van der Waals surface area contributed by atoms with E-state index < -0.39 is 10.8 Å². The normalized spacial score (nSPS) is 10.9. The van der Waals surface area contributed by atoms with Crippen LogP contribution in [0.4, 0.5) is 15.8 Å². The number of nitro benzene ring substituents is 1. The summed E-state index contributed by atoms with van der Waals surface area (Å²) >= 11 is 6.09. The van der Waals surface area contributed by atoms with E-state index in [1.165, 1.54) is 42.5 Å². The fourth-order valence-electron chi connectivity index (χ4n) is 2.93. The molecule has 3 rings (SSSR count). The molecule has 0 saturated heterocycles. The van der Waals surface area contributed by atoms with Crippen LogP contribution in [-0.4, -0.2) is 10.8 Å². The van der Waals surface area contributed by atoms with E-state index >= 15 is 0 Å². The number of nitrogens with zero attached hydrogens (tertiary/aromatic N) is 2. The van der Waals surface area contributed by atoms with Crippen molar-refractivity contribution in [1.82, 2.24) is 0 Å². The minimum absolute atomic E-state index is 0.187. The summed E-state index contributed by atoms with van der Waals surface area (Å²) in [6.45, 7) is 0. The summed E-state index contributed by atoms with van der Waals surface area (Å²) in [5.41, 5.74) is 1.78. The maximum absolute atomic E-state index is 13.5. The number of hydrogen-bond donors (Lipinski definition) is 1. The van der Waals surface area contributed by atoms with Crippen LogP contribution in [0.3, 0.4) is 0 Å². The van der Waals surface area contributed by atoms with E-state index in [-0.39, 0.29) is 22.8 Å². The van der Waals surface area contributed by atoms with Gasteiger partial charge in [-0.3, -0.25) is 14.9 Å². The molecule has 0 saturated carbocycles. The Morgan fingerprint density at radius 2 is 1.94 bits per heavy atom. The smallest absolute Gasteiger partial charge is 0.271 e. The highest BCUT2D eigenvalue weighted by Gasteiger charge is 2.14. The Balaban J connectivity index is 1.90. The number of carbonyl (C=O) groups excluding carboxylic acids is 1. The van der Waals surface area contributed by atoms with Gasteiger partial charge >= 0.3 is 0 Å². The second-order valence-corrected chi connectivity index (χ2v) is 7.02. The predicted octanol–water partition coefficient (Wildman–Crippen LogP) is 5.52. The number of amides is 1. The topological polar surface area (TPSA) is 96.0 Å². The van der Waals surface area contributed by atoms with Crippen LogP contribution in [0.25, 0.3) is 6.08 Å². The molecule has 6 nitrogen and oxygen atoms in total. The van der Waals surface area contributed by atoms with Crippen molar-refractivity contribution in [3.05, 3.63) is 110 Å². The zero-order chi connectivity index (χ0) is 22.4. The Morgan fingerprint density at radius 1 is 1.16 bits per heavy atom. The first-order chi connectivity index (χ1) is 14.9. The van der Waals surface area contributed by atoms with E-state index in [4.69, 9.17) is 11.6 Å². The standard InChI is InChI=1S/C23H15ClFN3O3/c24-19-8-7-16(9-15-3-1-4-20(25)10-15)17(12-19)11-18(14-26)23(29)27-21-5-2-6-22(13-21)28(30)31/h1-8,10-13H,9H2,(H,27,29)/b18-11+. The third kappa shape index (κ3) is 5.75. The minimum Gasteiger partial charge on any atom is -0.321 e. The molecule has 1 amide bonds. The Kier molecular flexibility index (Phi) is 6.75. The summed E-state index contributed by atoms with van der Waals surface area (Å²) in [4.78, 5) is 22.9. The lowest BCUT2D eigenvalue weighted by Crippen LogP contribution is -2.13. The van der Waals surface area contributed by atoms with Gasteiger partial charge in [0.2, 0.25) is 0 Å². The first-order valence-electron chi connectivity index (χ1n) is 9.06. The number of nitriles is 1. The van der Waals surface area contributed by atoms with Crippen LogP contribution >= 0.6 is 11.6 Å². The number of nitro groups is 1. The summed E-state index contributed by atoms with van der Waals surface area (Å²) in [7, 11) is 0. The van der Waals surface area contributed by atoms with Gasteiger partial charge in [0.15, 0.2) is 0 Å². The molecule has 0 spiro atoms. The first-order valence-corrected chi connectivity index (χ1v) is 9.44. The molecule has 0 aliphatic heterocycles. The molecule has 3 aromatic carbocycles. The van der Waals surface area contributed by atoms with Crippen LogP contribution in [0.5, 0.6) is 0 Å². The largest absolute Gasteiger partial charge is 0.321 e. The van der Waals surface area contributed by atoms with Gasteiger partial charge in [-0.15, -0.1) is 0 Å². The Bertz CT molecular complexity index is 1230. The molecule has 0 bridgehead atoms. The van der Waals surface area contributed by atoms with Crippen LogP contribution in [0.1, 0.15) is 16.7 Å². The van der Waals surface area contributed by atoms with Gasteiger partial charge < -0.3 is 5.32 Å². The summed E-state index contributed by atoms with van der Waals surface area (Å²) in [5.74, 6) is -1.09. The van der Waals surface area contributed by atoms with Crippen LogP contribution in [0.2, 0.25) is 5.02 Å². The van der Waals surface area contributed by atoms with Crippen LogP contribution in [0.15, 0.2) is 72.3 Å². The molecule has 1 N–H and O–H groups in total. The molecular weight excluding hydrogens is 421 g/mol. The minimum atomic E-state index is -0.723. The van der Waals surface area contributed by atoms with E-state index in [0.717, 1.165) is 11.1 Å². The highest BCUT2D eigenvalue weighted by atomic mass is 35.5. The van der Waals surface area contributed by atoms with Crippen LogP contribution in [-0.2, 0) is 11.2 Å². The second-order valence-electron chi connectivity index (χ2n) is 6.58. The average molecular weight is 436 g/mol. The third-order valence-electron chi connectivity index (χ3n) is 4.37. The zero-order valence-electron chi connectivity index (χ0n) is 16.0. The Hall–Kier alpha value is -4.02. The van der Waals surface area contributed by atoms with Crippen molar-refractivity contribution in [2.24, 2.45) is 0 Å². The molecule has 31 heavy (non-hydrogen) atoms. The molecule has 0 fully saturated rings. The summed E-state index contributed by atoms with van der Waals surface area (Å²) in [6.07, 6.45) is 1.75. The van der Waals surface area contributed by atoms with Crippen molar-refractivity contribution in [3.63, 3.8) is 0 Å². The number of nitrogens with one attached hydrogen (secondary N) is 1. The van der Waals surface area contributed by atoms with Crippen LogP contribution < -0.4 is 5.32 Å². The van der Waals surface area contributed by atoms with Gasteiger partial charge in [-0.05, 0) is 59.5 Å². The van der Waals surface area contributed by atoms with Gasteiger partial charge in [0.25, 0.3) is 11.6 Å². The maximum atomic E-state index is 13.5. The number of hydrogen-bond acceptors (Lipinski definition) is 4. The van der Waals surface area contributed by atoms with Crippen molar-refractivity contribution < 1.29 is 14.1 Å². The molecule has 0 unspecified atom stereocenters. The molecule has 0 atom stereocenters. The molecule has 3 aromatic rings. The molecule has 0 radical (unpaired) electrons. The van der Waals surface area contributed by atoms with Crippen LogP contribution in [0, 0.1) is 27.3 Å². The van der Waals surface area contributed by atoms with Gasteiger partial charge in [-0.25, -0.2) is 4.39 Å². The zero-order valence-corrected chi connectivity index (χ0v) is 16.8. The van der Waals surface area contributed by atoms with E-state index in [9.17, 15) is 24.6 Å². The molecule has 0 aliphatic rings. The number of rotatable bonds is 6. The average Bonchev–Trinajstić information content (AvgIpc) is 2.74. The van der Waals surface area contributed by atoms with Gasteiger partial charge in [0.05, 0.1) is 4.92 Å². The lowest BCUT2D eigenvalue weighted by molar-refractivity contribution is -0.384. The summed E-state index contributed by atoms with van der Waals surface area (Å²) in [6, 6.07) is 18.4. The van der Waals surface area contributed by atoms with Gasteiger partial charge in [0.1, 0.15) is 17.5 Å². The third-order valence-corrected chi connectivity index (χ3v) is 4.61. The number of benzene rings is 3. The van der Waals surface area contributed by atoms with Crippen molar-refractivity contribution >= 4 is 35.0 Å². The SMILES string of the molecule is N#C/C(=C\c1cc(Cl)ccc1Cc1cccc(F)c1)C(=O)Nc1cccc([N+](=O)[O-])c1. The number of carbonyl (C=O) groups is 1. The predicted molar refractivity (Wildman–Crippen MR) is 116 cm³/mol. The monoisotopic (exact) mass is 435 g/mol. The quantitative estimate of drug-likeness (QED) is 0.238. The summed E-state index contributed by atoms with van der Waals surface area (Å²) < 4.78 is 13.5. The Labute approximate surface area is 182 Å². The molecule has 0 aromatic heterocycles. The van der Waals surface area contributed by atoms with E-state index in [0.29, 0.717) is 17.0 Å². The van der Waals surface area contributed by atoms with Gasteiger partial charge in [0, 0.05) is 22.8 Å². The maximum Gasteiger partial charge on any atom is 0.271 e. The molecule has 8 heteroatoms. The number of anilines is 1. The molecular formula is C23H15ClFN3O3. The van der Waals surface area contributed by atoms with Gasteiger partial charge in [-0.1, -0.05) is 35.9 Å². The Morgan fingerprint density at radius 3 is 2.65 bits per heavy atom.